The summed E-state index contributed by atoms with van der Waals surface area (Å²) in [5, 5.41) is 1.27. The zero-order valence-electron chi connectivity index (χ0n) is 8.34. The van der Waals surface area contributed by atoms with Gasteiger partial charge in [-0.1, -0.05) is 0 Å². The predicted octanol–water partition coefficient (Wildman–Crippen LogP) is 0.961. The van der Waals surface area contributed by atoms with Gasteiger partial charge in [0.2, 0.25) is 0 Å². The van der Waals surface area contributed by atoms with Crippen LogP contribution in [0.25, 0.3) is 10.9 Å². The summed E-state index contributed by atoms with van der Waals surface area (Å²) in [5.41, 5.74) is 6.33. The molecule has 74 valence electrons. The van der Waals surface area contributed by atoms with E-state index in [0.29, 0.717) is 0 Å². The number of hydrogen-bond donors (Lipinski definition) is 2. The molecule has 0 bridgehead atoms. The van der Waals surface area contributed by atoms with Crippen molar-refractivity contribution in [2.75, 3.05) is 13.7 Å². The molecule has 0 saturated carbocycles. The molecule has 0 atom stereocenters. The van der Waals surface area contributed by atoms with Crippen LogP contribution in [0.15, 0.2) is 24.4 Å². The number of ether oxygens (including phenoxy) is 1. The monoisotopic (exact) mass is 191 g/mol. The smallest absolute Gasteiger partial charge is 0.120 e. The van der Waals surface area contributed by atoms with Gasteiger partial charge in [-0.25, -0.2) is 0 Å². The van der Waals surface area contributed by atoms with Crippen LogP contribution in [-0.2, 0) is 6.42 Å². The number of fused-ring (bicyclic) bond motifs is 1. The van der Waals surface area contributed by atoms with Crippen LogP contribution in [0.5, 0.6) is 5.75 Å². The Labute approximate surface area is 82.9 Å². The van der Waals surface area contributed by atoms with E-state index >= 15 is 0 Å². The molecular formula is C11H15N2O+. The van der Waals surface area contributed by atoms with Gasteiger partial charge in [0.1, 0.15) is 5.75 Å². The maximum atomic E-state index is 5.16. The Balaban J connectivity index is 2.48. The van der Waals surface area contributed by atoms with E-state index in [0.717, 1.165) is 24.2 Å². The van der Waals surface area contributed by atoms with Gasteiger partial charge in [0.05, 0.1) is 13.7 Å². The molecular weight excluding hydrogens is 176 g/mol. The first kappa shape index (κ1) is 9.09. The van der Waals surface area contributed by atoms with Crippen molar-refractivity contribution < 1.29 is 10.5 Å². The van der Waals surface area contributed by atoms with E-state index in [1.807, 2.05) is 12.1 Å². The molecule has 1 aromatic heterocycles. The van der Waals surface area contributed by atoms with Gasteiger partial charge in [-0.05, 0) is 17.7 Å². The van der Waals surface area contributed by atoms with Gasteiger partial charge >= 0.3 is 0 Å². The normalized spacial score (nSPS) is 10.7. The number of benzene rings is 1. The van der Waals surface area contributed by atoms with Gasteiger partial charge < -0.3 is 15.5 Å². The van der Waals surface area contributed by atoms with Crippen molar-refractivity contribution in [2.45, 2.75) is 6.42 Å². The van der Waals surface area contributed by atoms with Crippen LogP contribution in [0, 0.1) is 0 Å². The fourth-order valence-corrected chi connectivity index (χ4v) is 1.69. The van der Waals surface area contributed by atoms with Crippen molar-refractivity contribution in [3.63, 3.8) is 0 Å². The molecule has 0 aliphatic rings. The molecule has 14 heavy (non-hydrogen) atoms. The molecule has 0 saturated heterocycles. The second kappa shape index (κ2) is 3.72. The van der Waals surface area contributed by atoms with E-state index in [-0.39, 0.29) is 0 Å². The van der Waals surface area contributed by atoms with E-state index in [9.17, 15) is 0 Å². The third-order valence-electron chi connectivity index (χ3n) is 2.42. The van der Waals surface area contributed by atoms with Crippen LogP contribution >= 0.6 is 0 Å². The third-order valence-corrected chi connectivity index (χ3v) is 2.42. The third kappa shape index (κ3) is 1.46. The molecule has 0 aliphatic heterocycles. The lowest BCUT2D eigenvalue weighted by Crippen LogP contribution is -2.51. The minimum Gasteiger partial charge on any atom is -0.497 e. The Kier molecular flexibility index (Phi) is 2.41. The Morgan fingerprint density at radius 1 is 1.43 bits per heavy atom. The predicted molar refractivity (Wildman–Crippen MR) is 56.3 cm³/mol. The highest BCUT2D eigenvalue weighted by Crippen LogP contribution is 2.23. The van der Waals surface area contributed by atoms with Gasteiger partial charge in [-0.2, -0.15) is 0 Å². The first-order valence-corrected chi connectivity index (χ1v) is 4.78. The molecule has 0 aliphatic carbocycles. The molecule has 0 amide bonds. The highest BCUT2D eigenvalue weighted by molar-refractivity contribution is 5.84. The summed E-state index contributed by atoms with van der Waals surface area (Å²) in [6.07, 6.45) is 3.07. The van der Waals surface area contributed by atoms with E-state index in [1.165, 1.54) is 10.9 Å². The number of aromatic nitrogens is 1. The van der Waals surface area contributed by atoms with E-state index < -0.39 is 0 Å². The Bertz CT molecular complexity index is 434. The lowest BCUT2D eigenvalue weighted by molar-refractivity contribution is -0.366. The summed E-state index contributed by atoms with van der Waals surface area (Å²) < 4.78 is 5.16. The SMILES string of the molecule is COc1ccc2c(CC[NH3+])c[nH]c2c1. The van der Waals surface area contributed by atoms with Crippen LogP contribution in [-0.4, -0.2) is 18.6 Å². The number of aromatic amines is 1. The standard InChI is InChI=1S/C11H14N2O/c1-14-9-2-3-10-8(4-5-12)7-13-11(10)6-9/h2-3,6-7,13H,4-5,12H2,1H3/p+1. The second-order valence-electron chi connectivity index (χ2n) is 3.33. The molecule has 1 aromatic carbocycles. The van der Waals surface area contributed by atoms with Crippen molar-refractivity contribution in [1.29, 1.82) is 0 Å². The minimum atomic E-state index is 0.889. The summed E-state index contributed by atoms with van der Waals surface area (Å²) in [7, 11) is 1.68. The summed E-state index contributed by atoms with van der Waals surface area (Å²) in [4.78, 5) is 3.24. The average Bonchev–Trinajstić information content (AvgIpc) is 2.61. The first-order chi connectivity index (χ1) is 6.85. The number of rotatable bonds is 3. The molecule has 3 heteroatoms. The fraction of sp³-hybridized carbons (Fsp3) is 0.273. The Hall–Kier alpha value is -1.48. The number of hydrogen-bond acceptors (Lipinski definition) is 1. The van der Waals surface area contributed by atoms with Gasteiger partial charge in [0, 0.05) is 29.6 Å². The zero-order valence-corrected chi connectivity index (χ0v) is 8.34. The van der Waals surface area contributed by atoms with Gasteiger partial charge in [0.25, 0.3) is 0 Å². The van der Waals surface area contributed by atoms with Crippen LogP contribution in [0.1, 0.15) is 5.56 Å². The fourth-order valence-electron chi connectivity index (χ4n) is 1.69. The molecule has 2 aromatic rings. The lowest BCUT2D eigenvalue weighted by Gasteiger charge is -1.99. The summed E-state index contributed by atoms with van der Waals surface area (Å²) >= 11 is 0. The maximum absolute atomic E-state index is 5.16. The molecule has 2 rings (SSSR count). The van der Waals surface area contributed by atoms with Crippen LogP contribution in [0.3, 0.4) is 0 Å². The number of nitrogens with one attached hydrogen (secondary N) is 1. The maximum Gasteiger partial charge on any atom is 0.120 e. The van der Waals surface area contributed by atoms with Gasteiger partial charge in [-0.15, -0.1) is 0 Å². The second-order valence-corrected chi connectivity index (χ2v) is 3.33. The van der Waals surface area contributed by atoms with Crippen LogP contribution < -0.4 is 10.5 Å². The van der Waals surface area contributed by atoms with Crippen molar-refractivity contribution in [3.8, 4) is 5.75 Å². The molecule has 3 nitrogen and oxygen atoms in total. The van der Waals surface area contributed by atoms with Crippen LogP contribution in [0.4, 0.5) is 0 Å². The van der Waals surface area contributed by atoms with Gasteiger partial charge in [0.15, 0.2) is 0 Å². The molecule has 4 N–H and O–H groups in total. The first-order valence-electron chi connectivity index (χ1n) is 4.78. The Morgan fingerprint density at radius 2 is 2.29 bits per heavy atom. The number of quaternary nitrogens is 1. The number of methoxy groups -OCH3 is 1. The largest absolute Gasteiger partial charge is 0.497 e. The van der Waals surface area contributed by atoms with Crippen molar-refractivity contribution in [1.82, 2.24) is 4.98 Å². The summed E-state index contributed by atoms with van der Waals surface area (Å²) in [6.45, 7) is 0.930. The molecule has 0 spiro atoms. The van der Waals surface area contributed by atoms with Crippen molar-refractivity contribution in [2.24, 2.45) is 0 Å². The van der Waals surface area contributed by atoms with Gasteiger partial charge in [-0.3, -0.25) is 0 Å². The summed E-state index contributed by atoms with van der Waals surface area (Å²) in [5.74, 6) is 0.889. The lowest BCUT2D eigenvalue weighted by atomic mass is 10.1. The highest BCUT2D eigenvalue weighted by Gasteiger charge is 2.03. The average molecular weight is 191 g/mol. The van der Waals surface area contributed by atoms with E-state index in [4.69, 9.17) is 4.74 Å². The molecule has 0 radical (unpaired) electrons. The topological polar surface area (TPSA) is 52.7 Å². The summed E-state index contributed by atoms with van der Waals surface area (Å²) in [6, 6.07) is 6.10. The minimum absolute atomic E-state index is 0.889. The molecule has 1 heterocycles. The van der Waals surface area contributed by atoms with E-state index in [1.54, 1.807) is 7.11 Å². The van der Waals surface area contributed by atoms with Crippen molar-refractivity contribution >= 4 is 10.9 Å². The Morgan fingerprint density at radius 3 is 3.00 bits per heavy atom. The zero-order chi connectivity index (χ0) is 9.97. The highest BCUT2D eigenvalue weighted by atomic mass is 16.5. The van der Waals surface area contributed by atoms with E-state index in [2.05, 4.69) is 23.0 Å². The molecule has 0 unspecified atom stereocenters. The molecule has 0 fully saturated rings. The quantitative estimate of drug-likeness (QED) is 0.746. The number of H-pyrrole nitrogens is 1. The van der Waals surface area contributed by atoms with Crippen LogP contribution in [0.2, 0.25) is 0 Å². The van der Waals surface area contributed by atoms with Crippen molar-refractivity contribution in [3.05, 3.63) is 30.0 Å².